The van der Waals surface area contributed by atoms with Gasteiger partial charge in [0, 0.05) is 18.8 Å². The fourth-order valence-corrected chi connectivity index (χ4v) is 4.05. The molecule has 0 amide bonds. The zero-order valence-corrected chi connectivity index (χ0v) is 16.9. The van der Waals surface area contributed by atoms with Crippen molar-refractivity contribution in [3.05, 3.63) is 42.5 Å². The monoisotopic (exact) mass is 390 g/mol. The van der Waals surface area contributed by atoms with Crippen LogP contribution in [0.4, 0.5) is 22.7 Å². The van der Waals surface area contributed by atoms with Crippen LogP contribution in [0.1, 0.15) is 39.5 Å². The second-order valence-electron chi connectivity index (χ2n) is 6.62. The van der Waals surface area contributed by atoms with Crippen molar-refractivity contribution in [2.75, 3.05) is 34.2 Å². The molecule has 7 heteroatoms. The third kappa shape index (κ3) is 5.53. The maximum absolute atomic E-state index is 12.7. The third-order valence-electron chi connectivity index (χ3n) is 4.36. The van der Waals surface area contributed by atoms with E-state index in [9.17, 15) is 8.42 Å². The molecule has 6 nitrogen and oxygen atoms in total. The van der Waals surface area contributed by atoms with Crippen LogP contribution < -0.4 is 21.1 Å². The zero-order valence-electron chi connectivity index (χ0n) is 16.1. The van der Waals surface area contributed by atoms with Crippen LogP contribution in [0, 0.1) is 0 Å². The van der Waals surface area contributed by atoms with Gasteiger partial charge in [-0.3, -0.25) is 4.72 Å². The van der Waals surface area contributed by atoms with E-state index in [-0.39, 0.29) is 4.90 Å². The minimum Gasteiger partial charge on any atom is -0.397 e. The number of nitrogens with one attached hydrogen (secondary N) is 1. The molecule has 0 radical (unpaired) electrons. The zero-order chi connectivity index (χ0) is 19.9. The van der Waals surface area contributed by atoms with Crippen LogP contribution in [-0.4, -0.2) is 21.5 Å². The van der Waals surface area contributed by atoms with Gasteiger partial charge in [-0.05, 0) is 37.1 Å². The molecule has 27 heavy (non-hydrogen) atoms. The van der Waals surface area contributed by atoms with E-state index >= 15 is 0 Å². The Bertz CT molecular complexity index is 807. The first-order valence-electron chi connectivity index (χ1n) is 9.40. The molecule has 0 aliphatic heterocycles. The summed E-state index contributed by atoms with van der Waals surface area (Å²) in [4.78, 5) is 2.23. The summed E-state index contributed by atoms with van der Waals surface area (Å²) in [5, 5.41) is 0. The van der Waals surface area contributed by atoms with Gasteiger partial charge in [-0.25, -0.2) is 8.42 Å². The molecule has 0 heterocycles. The molecule has 0 bridgehead atoms. The van der Waals surface area contributed by atoms with E-state index in [0.29, 0.717) is 17.1 Å². The highest BCUT2D eigenvalue weighted by Crippen LogP contribution is 2.34. The van der Waals surface area contributed by atoms with Gasteiger partial charge in [-0.15, -0.1) is 0 Å². The van der Waals surface area contributed by atoms with Gasteiger partial charge in [0.2, 0.25) is 0 Å². The summed E-state index contributed by atoms with van der Waals surface area (Å²) in [6, 6.07) is 11.7. The Labute approximate surface area is 162 Å². The number of nitrogens with two attached hydrogens (primary N) is 2. The fraction of sp³-hybridized carbons (Fsp3) is 0.400. The van der Waals surface area contributed by atoms with Crippen molar-refractivity contribution in [2.24, 2.45) is 0 Å². The van der Waals surface area contributed by atoms with Crippen molar-refractivity contribution in [3.8, 4) is 0 Å². The molecule has 0 aliphatic carbocycles. The number of nitrogen functional groups attached to an aromatic ring is 2. The second-order valence-corrected chi connectivity index (χ2v) is 8.30. The van der Waals surface area contributed by atoms with E-state index in [2.05, 4.69) is 23.5 Å². The first-order valence-corrected chi connectivity index (χ1v) is 10.9. The van der Waals surface area contributed by atoms with E-state index in [0.717, 1.165) is 44.5 Å². The summed E-state index contributed by atoms with van der Waals surface area (Å²) in [7, 11) is -3.76. The average Bonchev–Trinajstić information content (AvgIpc) is 2.63. The molecule has 0 fully saturated rings. The molecule has 148 valence electrons. The number of hydrogen-bond donors (Lipinski definition) is 3. The van der Waals surface area contributed by atoms with Crippen molar-refractivity contribution in [1.29, 1.82) is 0 Å². The molecular weight excluding hydrogens is 360 g/mol. The van der Waals surface area contributed by atoms with Crippen LogP contribution in [0.25, 0.3) is 0 Å². The molecule has 0 atom stereocenters. The molecule has 0 aromatic heterocycles. The lowest BCUT2D eigenvalue weighted by molar-refractivity contribution is 0.601. The smallest absolute Gasteiger partial charge is 0.262 e. The van der Waals surface area contributed by atoms with Gasteiger partial charge < -0.3 is 16.4 Å². The Hall–Kier alpha value is -2.41. The lowest BCUT2D eigenvalue weighted by Crippen LogP contribution is -2.27. The van der Waals surface area contributed by atoms with E-state index in [4.69, 9.17) is 11.5 Å². The van der Waals surface area contributed by atoms with Crippen LogP contribution in [0.15, 0.2) is 47.4 Å². The molecule has 0 saturated heterocycles. The molecule has 0 aliphatic rings. The van der Waals surface area contributed by atoms with Crippen molar-refractivity contribution in [2.45, 2.75) is 44.4 Å². The van der Waals surface area contributed by atoms with Crippen LogP contribution in [0.2, 0.25) is 0 Å². The molecule has 0 saturated carbocycles. The Morgan fingerprint density at radius 2 is 1.44 bits per heavy atom. The number of benzene rings is 2. The van der Waals surface area contributed by atoms with Crippen molar-refractivity contribution < 1.29 is 8.42 Å². The highest BCUT2D eigenvalue weighted by atomic mass is 32.2. The molecule has 5 N–H and O–H groups in total. The second kappa shape index (κ2) is 9.50. The Morgan fingerprint density at radius 1 is 0.926 bits per heavy atom. The third-order valence-corrected chi connectivity index (χ3v) is 5.72. The number of para-hydroxylation sites is 1. The fourth-order valence-electron chi connectivity index (χ4n) is 2.93. The van der Waals surface area contributed by atoms with Gasteiger partial charge in [0.05, 0.1) is 22.0 Å². The average molecular weight is 391 g/mol. The van der Waals surface area contributed by atoms with Crippen LogP contribution in [-0.2, 0) is 10.0 Å². The van der Waals surface area contributed by atoms with Crippen molar-refractivity contribution >= 4 is 32.8 Å². The summed E-state index contributed by atoms with van der Waals surface area (Å²) < 4.78 is 27.9. The first-order chi connectivity index (χ1) is 12.9. The first kappa shape index (κ1) is 20.9. The highest BCUT2D eigenvalue weighted by molar-refractivity contribution is 7.92. The topological polar surface area (TPSA) is 101 Å². The van der Waals surface area contributed by atoms with Gasteiger partial charge in [-0.1, -0.05) is 44.9 Å². The number of unbranched alkanes of at least 4 members (excludes halogenated alkanes) is 2. The normalized spacial score (nSPS) is 11.3. The summed E-state index contributed by atoms with van der Waals surface area (Å²) in [5.74, 6) is 0. The predicted octanol–water partition coefficient (Wildman–Crippen LogP) is 4.06. The molecule has 2 aromatic rings. The molecule has 2 rings (SSSR count). The summed E-state index contributed by atoms with van der Waals surface area (Å²) in [6.45, 7) is 5.96. The van der Waals surface area contributed by atoms with Crippen LogP contribution in [0.5, 0.6) is 0 Å². The molecule has 2 aromatic carbocycles. The molecule has 0 unspecified atom stereocenters. The quantitative estimate of drug-likeness (QED) is 0.531. The minimum absolute atomic E-state index is 0.0658. The van der Waals surface area contributed by atoms with E-state index in [1.807, 2.05) is 6.07 Å². The molecular formula is C20H30N4O2S. The summed E-state index contributed by atoms with van der Waals surface area (Å²) in [6.07, 6.45) is 4.18. The van der Waals surface area contributed by atoms with E-state index in [1.165, 1.54) is 12.1 Å². The number of sulfonamides is 1. The Kier molecular flexibility index (Phi) is 7.36. The van der Waals surface area contributed by atoms with E-state index in [1.54, 1.807) is 24.3 Å². The van der Waals surface area contributed by atoms with Crippen molar-refractivity contribution in [1.82, 2.24) is 0 Å². The van der Waals surface area contributed by atoms with Gasteiger partial charge >= 0.3 is 0 Å². The molecule has 0 spiro atoms. The SMILES string of the molecule is CCCCN(CCCC)c1c(N)cc(S(=O)(=O)Nc2ccccc2)cc1N. The predicted molar refractivity (Wildman–Crippen MR) is 115 cm³/mol. The number of hydrogen-bond acceptors (Lipinski definition) is 5. The van der Waals surface area contributed by atoms with Crippen molar-refractivity contribution in [3.63, 3.8) is 0 Å². The minimum atomic E-state index is -3.76. The maximum Gasteiger partial charge on any atom is 0.262 e. The highest BCUT2D eigenvalue weighted by Gasteiger charge is 2.20. The Morgan fingerprint density at radius 3 is 1.93 bits per heavy atom. The van der Waals surface area contributed by atoms with Gasteiger partial charge in [-0.2, -0.15) is 0 Å². The van der Waals surface area contributed by atoms with Gasteiger partial charge in [0.15, 0.2) is 0 Å². The standard InChI is InChI=1S/C20H30N4O2S/c1-3-5-12-24(13-6-4-2)20-18(21)14-17(15-19(20)22)27(25,26)23-16-10-8-7-9-11-16/h7-11,14-15,23H,3-6,12-13,21-22H2,1-2H3. The number of nitrogens with zero attached hydrogens (tertiary/aromatic N) is 1. The van der Waals surface area contributed by atoms with Crippen LogP contribution >= 0.6 is 0 Å². The number of rotatable bonds is 10. The lowest BCUT2D eigenvalue weighted by Gasteiger charge is -2.28. The summed E-state index contributed by atoms with van der Waals surface area (Å²) in [5.41, 5.74) is 14.5. The van der Waals surface area contributed by atoms with E-state index < -0.39 is 10.0 Å². The largest absolute Gasteiger partial charge is 0.397 e. The van der Waals surface area contributed by atoms with Crippen LogP contribution in [0.3, 0.4) is 0 Å². The lowest BCUT2D eigenvalue weighted by atomic mass is 10.1. The summed E-state index contributed by atoms with van der Waals surface area (Å²) >= 11 is 0. The Balaban J connectivity index is 2.34. The van der Waals surface area contributed by atoms with Gasteiger partial charge in [0.1, 0.15) is 0 Å². The van der Waals surface area contributed by atoms with Gasteiger partial charge in [0.25, 0.3) is 10.0 Å². The maximum atomic E-state index is 12.7. The number of anilines is 4.